The van der Waals surface area contributed by atoms with E-state index in [9.17, 15) is 9.59 Å². The molecular weight excluding hydrogens is 304 g/mol. The molecule has 5 heteroatoms. The summed E-state index contributed by atoms with van der Waals surface area (Å²) < 4.78 is 0. The second kappa shape index (κ2) is 7.27. The third-order valence-corrected chi connectivity index (χ3v) is 4.00. The zero-order chi connectivity index (χ0) is 16.9. The third kappa shape index (κ3) is 3.81. The summed E-state index contributed by atoms with van der Waals surface area (Å²) in [5, 5.41) is 11.9. The van der Waals surface area contributed by atoms with Crippen molar-refractivity contribution in [3.05, 3.63) is 65.7 Å². The van der Waals surface area contributed by atoms with Gasteiger partial charge in [-0.2, -0.15) is 0 Å². The van der Waals surface area contributed by atoms with Crippen LogP contribution in [0.2, 0.25) is 0 Å². The molecule has 2 N–H and O–H groups in total. The monoisotopic (exact) mass is 324 g/mol. The van der Waals surface area contributed by atoms with Gasteiger partial charge in [0, 0.05) is 29.4 Å². The highest BCUT2D eigenvalue weighted by molar-refractivity contribution is 6.09. The molecule has 0 saturated heterocycles. The molecule has 5 nitrogen and oxygen atoms in total. The topological polar surface area (TPSA) is 69.6 Å². The lowest BCUT2D eigenvalue weighted by molar-refractivity contribution is 0.103. The van der Waals surface area contributed by atoms with Crippen LogP contribution in [-0.2, 0) is 0 Å². The predicted octanol–water partition coefficient (Wildman–Crippen LogP) is 2.91. The van der Waals surface area contributed by atoms with Crippen LogP contribution in [-0.4, -0.2) is 41.0 Å². The zero-order valence-corrected chi connectivity index (χ0v) is 13.3. The number of ketones is 1. The van der Waals surface area contributed by atoms with Gasteiger partial charge >= 0.3 is 6.03 Å². The molecule has 2 aromatic carbocycles. The quantitative estimate of drug-likeness (QED) is 0.803. The molecule has 24 heavy (non-hydrogen) atoms. The van der Waals surface area contributed by atoms with Gasteiger partial charge < -0.3 is 15.3 Å². The van der Waals surface area contributed by atoms with Gasteiger partial charge in [0.1, 0.15) is 0 Å². The highest BCUT2D eigenvalue weighted by atomic mass is 16.3. The fourth-order valence-electron chi connectivity index (χ4n) is 2.63. The summed E-state index contributed by atoms with van der Waals surface area (Å²) in [6, 6.07) is 15.9. The molecule has 3 rings (SSSR count). The number of benzene rings is 2. The van der Waals surface area contributed by atoms with Crippen LogP contribution in [0.5, 0.6) is 0 Å². The standard InChI is InChI=1S/C19H20N2O3/c22-12-11-21(17-9-10-17)19(24)20-16-8-4-7-15(13-16)18(23)14-5-2-1-3-6-14/h1-8,13,17,22H,9-12H2,(H,20,24). The molecule has 0 atom stereocenters. The Morgan fingerprint density at radius 2 is 1.75 bits per heavy atom. The summed E-state index contributed by atoms with van der Waals surface area (Å²) in [6.45, 7) is 0.260. The fraction of sp³-hybridized carbons (Fsp3) is 0.263. The minimum atomic E-state index is -0.240. The third-order valence-electron chi connectivity index (χ3n) is 4.00. The second-order valence-electron chi connectivity index (χ2n) is 5.85. The molecule has 0 aliphatic heterocycles. The van der Waals surface area contributed by atoms with E-state index in [2.05, 4.69) is 5.32 Å². The summed E-state index contributed by atoms with van der Waals surface area (Å²) in [7, 11) is 0. The maximum absolute atomic E-state index is 12.5. The van der Waals surface area contributed by atoms with E-state index in [1.165, 1.54) is 0 Å². The van der Waals surface area contributed by atoms with Crippen LogP contribution in [0.4, 0.5) is 10.5 Å². The number of aliphatic hydroxyl groups is 1. The van der Waals surface area contributed by atoms with Gasteiger partial charge in [0.05, 0.1) is 6.61 Å². The molecule has 2 amide bonds. The lowest BCUT2D eigenvalue weighted by Gasteiger charge is -2.21. The summed E-state index contributed by atoms with van der Waals surface area (Å²) in [5.74, 6) is -0.0823. The molecule has 0 aromatic heterocycles. The van der Waals surface area contributed by atoms with E-state index < -0.39 is 0 Å². The first-order valence-corrected chi connectivity index (χ1v) is 8.07. The highest BCUT2D eigenvalue weighted by Crippen LogP contribution is 2.27. The van der Waals surface area contributed by atoms with Gasteiger partial charge in [0.15, 0.2) is 5.78 Å². The van der Waals surface area contributed by atoms with Gasteiger partial charge in [0.2, 0.25) is 0 Å². The number of aliphatic hydroxyl groups excluding tert-OH is 1. The van der Waals surface area contributed by atoms with E-state index in [4.69, 9.17) is 5.11 Å². The molecule has 1 aliphatic rings. The molecule has 1 fully saturated rings. The first kappa shape index (κ1) is 16.2. The van der Waals surface area contributed by atoms with Crippen LogP contribution < -0.4 is 5.32 Å². The van der Waals surface area contributed by atoms with Crippen LogP contribution in [0, 0.1) is 0 Å². The van der Waals surface area contributed by atoms with Crippen molar-refractivity contribution in [3.8, 4) is 0 Å². The lowest BCUT2D eigenvalue weighted by atomic mass is 10.0. The smallest absolute Gasteiger partial charge is 0.322 e. The van der Waals surface area contributed by atoms with Gasteiger partial charge in [-0.1, -0.05) is 42.5 Å². The van der Waals surface area contributed by atoms with Gasteiger partial charge in [-0.15, -0.1) is 0 Å². The molecule has 2 aromatic rings. The molecule has 0 bridgehead atoms. The van der Waals surface area contributed by atoms with Crippen LogP contribution >= 0.6 is 0 Å². The second-order valence-corrected chi connectivity index (χ2v) is 5.85. The molecular formula is C19H20N2O3. The van der Waals surface area contributed by atoms with Crippen LogP contribution in [0.3, 0.4) is 0 Å². The average Bonchev–Trinajstić information content (AvgIpc) is 3.45. The summed E-state index contributed by atoms with van der Waals surface area (Å²) in [5.41, 5.74) is 1.71. The molecule has 0 unspecified atom stereocenters. The Kier molecular flexibility index (Phi) is 4.91. The number of amides is 2. The van der Waals surface area contributed by atoms with Gasteiger partial charge in [-0.25, -0.2) is 4.79 Å². The van der Waals surface area contributed by atoms with Crippen molar-refractivity contribution in [1.29, 1.82) is 0 Å². The summed E-state index contributed by atoms with van der Waals surface area (Å²) in [4.78, 5) is 26.5. The Balaban J connectivity index is 1.73. The first-order valence-electron chi connectivity index (χ1n) is 8.07. The summed E-state index contributed by atoms with van der Waals surface area (Å²) >= 11 is 0. The maximum Gasteiger partial charge on any atom is 0.322 e. The normalized spacial score (nSPS) is 13.4. The number of anilines is 1. The van der Waals surface area contributed by atoms with Crippen LogP contribution in [0.15, 0.2) is 54.6 Å². The van der Waals surface area contributed by atoms with E-state index in [0.717, 1.165) is 12.8 Å². The lowest BCUT2D eigenvalue weighted by Crippen LogP contribution is -2.38. The fourth-order valence-corrected chi connectivity index (χ4v) is 2.63. The van der Waals surface area contributed by atoms with Gasteiger partial charge in [-0.05, 0) is 25.0 Å². The van der Waals surface area contributed by atoms with Crippen molar-refractivity contribution < 1.29 is 14.7 Å². The largest absolute Gasteiger partial charge is 0.395 e. The van der Waals surface area contributed by atoms with E-state index >= 15 is 0 Å². The number of carbonyl (C=O) groups is 2. The Bertz CT molecular complexity index is 726. The minimum absolute atomic E-state index is 0.0591. The van der Waals surface area contributed by atoms with Crippen molar-refractivity contribution in [1.82, 2.24) is 4.90 Å². The summed E-state index contributed by atoms with van der Waals surface area (Å²) in [6.07, 6.45) is 1.94. The molecule has 1 aliphatic carbocycles. The van der Waals surface area contributed by atoms with Crippen molar-refractivity contribution in [2.45, 2.75) is 18.9 Å². The van der Waals surface area contributed by atoms with Gasteiger partial charge in [0.25, 0.3) is 0 Å². The number of urea groups is 1. The number of rotatable bonds is 6. The molecule has 124 valence electrons. The van der Waals surface area contributed by atoms with Crippen molar-refractivity contribution in [2.75, 3.05) is 18.5 Å². The minimum Gasteiger partial charge on any atom is -0.395 e. The molecule has 0 heterocycles. The van der Waals surface area contributed by atoms with Crippen LogP contribution in [0.25, 0.3) is 0 Å². The molecule has 0 radical (unpaired) electrons. The van der Waals surface area contributed by atoms with Gasteiger partial charge in [-0.3, -0.25) is 4.79 Å². The number of carbonyl (C=O) groups excluding carboxylic acids is 2. The number of nitrogens with one attached hydrogen (secondary N) is 1. The number of nitrogens with zero attached hydrogens (tertiary/aromatic N) is 1. The molecule has 1 saturated carbocycles. The zero-order valence-electron chi connectivity index (χ0n) is 13.3. The van der Waals surface area contributed by atoms with Crippen LogP contribution in [0.1, 0.15) is 28.8 Å². The Labute approximate surface area is 140 Å². The molecule has 0 spiro atoms. The predicted molar refractivity (Wildman–Crippen MR) is 92.1 cm³/mol. The Morgan fingerprint density at radius 3 is 2.42 bits per heavy atom. The Hall–Kier alpha value is -2.66. The maximum atomic E-state index is 12.5. The van der Waals surface area contributed by atoms with E-state index in [-0.39, 0.29) is 24.5 Å². The first-order chi connectivity index (χ1) is 11.7. The van der Waals surface area contributed by atoms with E-state index in [1.54, 1.807) is 41.3 Å². The van der Waals surface area contributed by atoms with Crippen molar-refractivity contribution in [3.63, 3.8) is 0 Å². The number of hydrogen-bond acceptors (Lipinski definition) is 3. The SMILES string of the molecule is O=C(c1ccccc1)c1cccc(NC(=O)N(CCO)C2CC2)c1. The average molecular weight is 324 g/mol. The highest BCUT2D eigenvalue weighted by Gasteiger charge is 2.32. The van der Waals surface area contributed by atoms with Crippen molar-refractivity contribution in [2.24, 2.45) is 0 Å². The van der Waals surface area contributed by atoms with E-state index in [0.29, 0.717) is 23.4 Å². The van der Waals surface area contributed by atoms with E-state index in [1.807, 2.05) is 18.2 Å². The Morgan fingerprint density at radius 1 is 1.04 bits per heavy atom. The number of hydrogen-bond donors (Lipinski definition) is 2. The van der Waals surface area contributed by atoms with Crippen molar-refractivity contribution >= 4 is 17.5 Å².